The zero-order valence-corrected chi connectivity index (χ0v) is 15.7. The van der Waals surface area contributed by atoms with E-state index in [4.69, 9.17) is 4.74 Å². The van der Waals surface area contributed by atoms with E-state index in [1.807, 2.05) is 39.8 Å². The summed E-state index contributed by atoms with van der Waals surface area (Å²) in [6, 6.07) is 14.0. The molecule has 5 nitrogen and oxygen atoms in total. The summed E-state index contributed by atoms with van der Waals surface area (Å²) in [5.74, 6) is 0.401. The lowest BCUT2D eigenvalue weighted by molar-refractivity contribution is 0.0937. The second-order valence-corrected chi connectivity index (χ2v) is 6.51. The van der Waals surface area contributed by atoms with Gasteiger partial charge >= 0.3 is 0 Å². The van der Waals surface area contributed by atoms with E-state index in [0.29, 0.717) is 16.8 Å². The summed E-state index contributed by atoms with van der Waals surface area (Å²) >= 11 is 0. The zero-order chi connectivity index (χ0) is 19.1. The molecule has 2 aromatic rings. The molecule has 0 radical (unpaired) electrons. The molecule has 0 saturated heterocycles. The van der Waals surface area contributed by atoms with Gasteiger partial charge in [0.2, 0.25) is 0 Å². The molecule has 0 aliphatic rings. The Morgan fingerprint density at radius 3 is 1.92 bits per heavy atom. The number of ether oxygens (including phenoxy) is 1. The van der Waals surface area contributed by atoms with Crippen LogP contribution in [-0.4, -0.2) is 24.0 Å². The highest BCUT2D eigenvalue weighted by Crippen LogP contribution is 2.17. The van der Waals surface area contributed by atoms with Gasteiger partial charge in [-0.15, -0.1) is 0 Å². The summed E-state index contributed by atoms with van der Waals surface area (Å²) in [4.78, 5) is 24.4. The Labute approximate surface area is 154 Å². The van der Waals surface area contributed by atoms with E-state index >= 15 is 0 Å². The lowest BCUT2D eigenvalue weighted by Gasteiger charge is -2.12. The second-order valence-electron chi connectivity index (χ2n) is 6.51. The number of benzene rings is 2. The average molecular weight is 354 g/mol. The van der Waals surface area contributed by atoms with E-state index in [1.165, 1.54) is 0 Å². The summed E-state index contributed by atoms with van der Waals surface area (Å²) in [7, 11) is 0. The van der Waals surface area contributed by atoms with Gasteiger partial charge in [-0.05, 0) is 75.7 Å². The Morgan fingerprint density at radius 1 is 0.885 bits per heavy atom. The molecule has 2 N–H and O–H groups in total. The standard InChI is InChI=1S/C21H26N2O3/c1-5-15(4)22-20(24)16-6-8-17(9-7-16)21(25)23-18-10-12-19(13-11-18)26-14(2)3/h6-15H,5H2,1-4H3,(H,22,24)(H,23,25). The molecule has 0 spiro atoms. The Balaban J connectivity index is 1.98. The molecule has 0 aliphatic heterocycles. The maximum atomic E-state index is 12.3. The quantitative estimate of drug-likeness (QED) is 0.781. The fraction of sp³-hybridized carbons (Fsp3) is 0.333. The fourth-order valence-electron chi connectivity index (χ4n) is 2.27. The Morgan fingerprint density at radius 2 is 1.42 bits per heavy atom. The van der Waals surface area contributed by atoms with Crippen LogP contribution in [0.2, 0.25) is 0 Å². The van der Waals surface area contributed by atoms with Crippen LogP contribution >= 0.6 is 0 Å². The van der Waals surface area contributed by atoms with Gasteiger partial charge in [0.25, 0.3) is 11.8 Å². The number of nitrogens with one attached hydrogen (secondary N) is 2. The molecule has 0 saturated carbocycles. The van der Waals surface area contributed by atoms with Crippen LogP contribution in [0.3, 0.4) is 0 Å². The molecule has 0 bridgehead atoms. The van der Waals surface area contributed by atoms with Crippen molar-refractivity contribution in [2.45, 2.75) is 46.3 Å². The van der Waals surface area contributed by atoms with Gasteiger partial charge in [-0.1, -0.05) is 6.92 Å². The summed E-state index contributed by atoms with van der Waals surface area (Å²) < 4.78 is 5.58. The van der Waals surface area contributed by atoms with Crippen molar-refractivity contribution in [2.24, 2.45) is 0 Å². The number of hydrogen-bond acceptors (Lipinski definition) is 3. The molecule has 2 amide bonds. The minimum absolute atomic E-state index is 0.103. The van der Waals surface area contributed by atoms with Crippen LogP contribution in [-0.2, 0) is 0 Å². The van der Waals surface area contributed by atoms with Crippen LogP contribution in [0.4, 0.5) is 5.69 Å². The van der Waals surface area contributed by atoms with E-state index in [2.05, 4.69) is 10.6 Å². The molecule has 1 atom stereocenters. The van der Waals surface area contributed by atoms with E-state index in [1.54, 1.807) is 36.4 Å². The first-order chi connectivity index (χ1) is 12.4. The highest BCUT2D eigenvalue weighted by Gasteiger charge is 2.11. The molecule has 0 aromatic heterocycles. The number of carbonyl (C=O) groups is 2. The predicted octanol–water partition coefficient (Wildman–Crippen LogP) is 4.25. The van der Waals surface area contributed by atoms with Crippen LogP contribution in [0.1, 0.15) is 54.8 Å². The van der Waals surface area contributed by atoms with Gasteiger partial charge in [0.05, 0.1) is 6.10 Å². The van der Waals surface area contributed by atoms with Gasteiger partial charge in [-0.25, -0.2) is 0 Å². The van der Waals surface area contributed by atoms with Crippen LogP contribution in [0.15, 0.2) is 48.5 Å². The largest absolute Gasteiger partial charge is 0.491 e. The number of hydrogen-bond donors (Lipinski definition) is 2. The van der Waals surface area contributed by atoms with Crippen LogP contribution in [0.5, 0.6) is 5.75 Å². The topological polar surface area (TPSA) is 67.4 Å². The first kappa shape index (κ1) is 19.5. The number of anilines is 1. The second kappa shape index (κ2) is 9.04. The monoisotopic (exact) mass is 354 g/mol. The third-order valence-electron chi connectivity index (χ3n) is 3.88. The van der Waals surface area contributed by atoms with Gasteiger partial charge in [-0.3, -0.25) is 9.59 Å². The van der Waals surface area contributed by atoms with Crippen molar-refractivity contribution in [3.05, 3.63) is 59.7 Å². The van der Waals surface area contributed by atoms with Gasteiger partial charge < -0.3 is 15.4 Å². The number of rotatable bonds is 7. The molecule has 0 fully saturated rings. The fourth-order valence-corrected chi connectivity index (χ4v) is 2.27. The molecular weight excluding hydrogens is 328 g/mol. The first-order valence-corrected chi connectivity index (χ1v) is 8.88. The van der Waals surface area contributed by atoms with Gasteiger partial charge in [-0.2, -0.15) is 0 Å². The summed E-state index contributed by atoms with van der Waals surface area (Å²) in [5.41, 5.74) is 1.72. The maximum Gasteiger partial charge on any atom is 0.255 e. The maximum absolute atomic E-state index is 12.3. The molecule has 2 aromatic carbocycles. The first-order valence-electron chi connectivity index (χ1n) is 8.88. The van der Waals surface area contributed by atoms with E-state index in [0.717, 1.165) is 12.2 Å². The molecule has 138 valence electrons. The highest BCUT2D eigenvalue weighted by molar-refractivity contribution is 6.05. The lowest BCUT2D eigenvalue weighted by Crippen LogP contribution is -2.31. The molecular formula is C21H26N2O3. The number of carbonyl (C=O) groups excluding carboxylic acids is 2. The van der Waals surface area contributed by atoms with Crippen molar-refractivity contribution in [3.8, 4) is 5.75 Å². The minimum Gasteiger partial charge on any atom is -0.491 e. The van der Waals surface area contributed by atoms with Gasteiger partial charge in [0.15, 0.2) is 0 Å². The molecule has 5 heteroatoms. The smallest absolute Gasteiger partial charge is 0.255 e. The molecule has 2 rings (SSSR count). The average Bonchev–Trinajstić information content (AvgIpc) is 2.62. The third kappa shape index (κ3) is 5.62. The molecule has 26 heavy (non-hydrogen) atoms. The zero-order valence-electron chi connectivity index (χ0n) is 15.7. The highest BCUT2D eigenvalue weighted by atomic mass is 16.5. The Kier molecular flexibility index (Phi) is 6.78. The SMILES string of the molecule is CCC(C)NC(=O)c1ccc(C(=O)Nc2ccc(OC(C)C)cc2)cc1. The minimum atomic E-state index is -0.226. The third-order valence-corrected chi connectivity index (χ3v) is 3.88. The lowest BCUT2D eigenvalue weighted by atomic mass is 10.1. The summed E-state index contributed by atoms with van der Waals surface area (Å²) in [6.07, 6.45) is 0.971. The van der Waals surface area contributed by atoms with Crippen molar-refractivity contribution in [3.63, 3.8) is 0 Å². The van der Waals surface area contributed by atoms with E-state index in [-0.39, 0.29) is 24.0 Å². The summed E-state index contributed by atoms with van der Waals surface area (Å²) in [5, 5.41) is 5.74. The van der Waals surface area contributed by atoms with E-state index < -0.39 is 0 Å². The van der Waals surface area contributed by atoms with Crippen molar-refractivity contribution < 1.29 is 14.3 Å². The molecule has 0 aliphatic carbocycles. The molecule has 1 unspecified atom stereocenters. The van der Waals surface area contributed by atoms with Crippen LogP contribution in [0.25, 0.3) is 0 Å². The van der Waals surface area contributed by atoms with Crippen molar-refractivity contribution >= 4 is 17.5 Å². The van der Waals surface area contributed by atoms with Crippen molar-refractivity contribution in [1.82, 2.24) is 5.32 Å². The molecule has 0 heterocycles. The van der Waals surface area contributed by atoms with Crippen molar-refractivity contribution in [1.29, 1.82) is 0 Å². The van der Waals surface area contributed by atoms with Gasteiger partial charge in [0.1, 0.15) is 5.75 Å². The van der Waals surface area contributed by atoms with Crippen LogP contribution < -0.4 is 15.4 Å². The number of amides is 2. The van der Waals surface area contributed by atoms with Crippen molar-refractivity contribution in [2.75, 3.05) is 5.32 Å². The normalized spacial score (nSPS) is 11.7. The predicted molar refractivity (Wildman–Crippen MR) is 104 cm³/mol. The van der Waals surface area contributed by atoms with E-state index in [9.17, 15) is 9.59 Å². The Hall–Kier alpha value is -2.82. The van der Waals surface area contributed by atoms with Gasteiger partial charge in [0, 0.05) is 22.9 Å². The van der Waals surface area contributed by atoms with Crippen LogP contribution in [0, 0.1) is 0 Å². The summed E-state index contributed by atoms with van der Waals surface area (Å²) in [6.45, 7) is 7.89. The Bertz CT molecular complexity index is 737.